The van der Waals surface area contributed by atoms with Crippen LogP contribution < -0.4 is 5.32 Å². The molecule has 0 saturated heterocycles. The number of rotatable bonds is 8. The average molecular weight is 250 g/mol. The third kappa shape index (κ3) is 6.69. The molecule has 1 N–H and O–H groups in total. The van der Waals surface area contributed by atoms with Crippen LogP contribution in [-0.4, -0.2) is 45.4 Å². The van der Waals surface area contributed by atoms with E-state index >= 15 is 0 Å². The molecule has 3 nitrogen and oxygen atoms in total. The Hall–Kier alpha value is 0.170. The predicted molar refractivity (Wildman–Crippen MR) is 67.2 cm³/mol. The quantitative estimate of drug-likeness (QED) is 0.528. The minimum absolute atomic E-state index is 0.425. The van der Waals surface area contributed by atoms with Crippen molar-refractivity contribution in [3.63, 3.8) is 0 Å². The highest BCUT2D eigenvalue weighted by Crippen LogP contribution is 2.26. The van der Waals surface area contributed by atoms with Crippen molar-refractivity contribution < 1.29 is 9.47 Å². The van der Waals surface area contributed by atoms with Gasteiger partial charge < -0.3 is 14.8 Å². The zero-order valence-electron chi connectivity index (χ0n) is 10.2. The molecule has 0 aromatic carbocycles. The maximum atomic E-state index is 6.06. The predicted octanol–water partition coefficient (Wildman–Crippen LogP) is 2.04. The molecule has 0 unspecified atom stereocenters. The molecule has 1 aliphatic carbocycles. The average Bonchev–Trinajstić information content (AvgIpc) is 2.30. The van der Waals surface area contributed by atoms with E-state index in [1.165, 1.54) is 25.7 Å². The minimum Gasteiger partial charge on any atom is -0.382 e. The van der Waals surface area contributed by atoms with Gasteiger partial charge in [-0.3, -0.25) is 0 Å². The van der Waals surface area contributed by atoms with Crippen molar-refractivity contribution in [3.05, 3.63) is 0 Å². The van der Waals surface area contributed by atoms with Crippen LogP contribution in [0.2, 0.25) is 0 Å². The largest absolute Gasteiger partial charge is 0.382 e. The molecule has 1 saturated carbocycles. The molecule has 1 aliphatic rings. The summed E-state index contributed by atoms with van der Waals surface area (Å²) in [6.45, 7) is 4.19. The van der Waals surface area contributed by atoms with Crippen LogP contribution in [0.4, 0.5) is 0 Å². The lowest BCUT2D eigenvalue weighted by Gasteiger charge is -2.25. The van der Waals surface area contributed by atoms with Gasteiger partial charge in [0.05, 0.1) is 19.8 Å². The van der Waals surface area contributed by atoms with Gasteiger partial charge in [0.2, 0.25) is 0 Å². The summed E-state index contributed by atoms with van der Waals surface area (Å²) < 4.78 is 10.3. The van der Waals surface area contributed by atoms with E-state index in [9.17, 15) is 0 Å². The molecule has 16 heavy (non-hydrogen) atoms. The molecule has 1 rings (SSSR count). The third-order valence-electron chi connectivity index (χ3n) is 3.06. The first-order valence-corrected chi connectivity index (χ1v) is 6.68. The van der Waals surface area contributed by atoms with Crippen LogP contribution in [0.25, 0.3) is 0 Å². The normalized spacial score (nSPS) is 25.9. The number of methoxy groups -OCH3 is 1. The Morgan fingerprint density at radius 1 is 1.12 bits per heavy atom. The molecule has 0 aromatic heterocycles. The Morgan fingerprint density at radius 2 is 1.88 bits per heavy atom. The van der Waals surface area contributed by atoms with Crippen molar-refractivity contribution in [1.82, 2.24) is 5.32 Å². The van der Waals surface area contributed by atoms with Gasteiger partial charge in [0.1, 0.15) is 0 Å². The van der Waals surface area contributed by atoms with E-state index in [0.29, 0.717) is 18.6 Å². The van der Waals surface area contributed by atoms with Crippen molar-refractivity contribution in [1.29, 1.82) is 0 Å². The summed E-state index contributed by atoms with van der Waals surface area (Å²) in [6.07, 6.45) is 4.90. The lowest BCUT2D eigenvalue weighted by atomic mass is 9.89. The van der Waals surface area contributed by atoms with E-state index in [2.05, 4.69) is 5.32 Å². The summed E-state index contributed by atoms with van der Waals surface area (Å²) in [4.78, 5) is 0. The molecule has 0 radical (unpaired) electrons. The van der Waals surface area contributed by atoms with Crippen molar-refractivity contribution in [2.24, 2.45) is 5.92 Å². The van der Waals surface area contributed by atoms with Crippen molar-refractivity contribution in [2.45, 2.75) is 31.1 Å². The Labute approximate surface area is 104 Å². The Balaban J connectivity index is 1.84. The summed E-state index contributed by atoms with van der Waals surface area (Å²) >= 11 is 6.06. The lowest BCUT2D eigenvalue weighted by molar-refractivity contribution is 0.0715. The molecular formula is C12H24ClNO2. The van der Waals surface area contributed by atoms with Crippen LogP contribution in [0.5, 0.6) is 0 Å². The van der Waals surface area contributed by atoms with Gasteiger partial charge in [0.15, 0.2) is 0 Å². The second-order valence-corrected chi connectivity index (χ2v) is 5.04. The van der Waals surface area contributed by atoms with Gasteiger partial charge >= 0.3 is 0 Å². The second kappa shape index (κ2) is 9.23. The van der Waals surface area contributed by atoms with E-state index in [4.69, 9.17) is 21.1 Å². The molecule has 0 aromatic rings. The smallest absolute Gasteiger partial charge is 0.0700 e. The number of hydrogen-bond donors (Lipinski definition) is 1. The van der Waals surface area contributed by atoms with Gasteiger partial charge in [-0.05, 0) is 38.1 Å². The molecule has 4 heteroatoms. The van der Waals surface area contributed by atoms with E-state index in [1.54, 1.807) is 7.11 Å². The van der Waals surface area contributed by atoms with Crippen molar-refractivity contribution >= 4 is 11.6 Å². The molecule has 0 heterocycles. The van der Waals surface area contributed by atoms with Crippen LogP contribution in [0.15, 0.2) is 0 Å². The number of nitrogens with one attached hydrogen (secondary N) is 1. The molecule has 1 fully saturated rings. The number of ether oxygens (including phenoxy) is 2. The number of hydrogen-bond acceptors (Lipinski definition) is 3. The third-order valence-corrected chi connectivity index (χ3v) is 3.50. The first-order valence-electron chi connectivity index (χ1n) is 6.24. The molecule has 0 amide bonds. The highest BCUT2D eigenvalue weighted by molar-refractivity contribution is 6.20. The first-order chi connectivity index (χ1) is 7.83. The van der Waals surface area contributed by atoms with Crippen LogP contribution in [0.1, 0.15) is 25.7 Å². The minimum atomic E-state index is 0.425. The summed E-state index contributed by atoms with van der Waals surface area (Å²) in [5, 5.41) is 3.86. The molecule has 0 spiro atoms. The van der Waals surface area contributed by atoms with Gasteiger partial charge in [0, 0.05) is 19.0 Å². The maximum Gasteiger partial charge on any atom is 0.0700 e. The summed E-state index contributed by atoms with van der Waals surface area (Å²) in [7, 11) is 1.69. The van der Waals surface area contributed by atoms with Gasteiger partial charge in [-0.2, -0.15) is 0 Å². The van der Waals surface area contributed by atoms with E-state index in [1.807, 2.05) is 0 Å². The highest BCUT2D eigenvalue weighted by Gasteiger charge is 2.18. The summed E-state index contributed by atoms with van der Waals surface area (Å²) in [6, 6.07) is 0. The Kier molecular flexibility index (Phi) is 8.21. The fraction of sp³-hybridized carbons (Fsp3) is 1.00. The van der Waals surface area contributed by atoms with Gasteiger partial charge in [-0.25, -0.2) is 0 Å². The van der Waals surface area contributed by atoms with Crippen molar-refractivity contribution in [2.75, 3.05) is 40.0 Å². The maximum absolute atomic E-state index is 6.06. The number of alkyl halides is 1. The molecule has 96 valence electrons. The summed E-state index contributed by atoms with van der Waals surface area (Å²) in [5.41, 5.74) is 0. The van der Waals surface area contributed by atoms with Crippen LogP contribution in [-0.2, 0) is 9.47 Å². The topological polar surface area (TPSA) is 30.5 Å². The second-order valence-electron chi connectivity index (χ2n) is 4.43. The van der Waals surface area contributed by atoms with E-state index < -0.39 is 0 Å². The monoisotopic (exact) mass is 249 g/mol. The molecule has 0 bridgehead atoms. The number of halogens is 1. The van der Waals surface area contributed by atoms with Crippen molar-refractivity contribution in [3.8, 4) is 0 Å². The Morgan fingerprint density at radius 3 is 2.56 bits per heavy atom. The fourth-order valence-corrected chi connectivity index (χ4v) is 2.27. The van der Waals surface area contributed by atoms with Crippen LogP contribution in [0.3, 0.4) is 0 Å². The molecular weight excluding hydrogens is 226 g/mol. The Bertz CT molecular complexity index is 161. The van der Waals surface area contributed by atoms with Crippen LogP contribution >= 0.6 is 11.6 Å². The van der Waals surface area contributed by atoms with E-state index in [0.717, 1.165) is 25.6 Å². The van der Waals surface area contributed by atoms with Gasteiger partial charge in [0.25, 0.3) is 0 Å². The molecule has 0 aliphatic heterocycles. The zero-order chi connectivity index (χ0) is 11.6. The van der Waals surface area contributed by atoms with Gasteiger partial charge in [-0.15, -0.1) is 11.6 Å². The SMILES string of the molecule is COCCOCCNCC1CCC(Cl)CC1. The highest BCUT2D eigenvalue weighted by atomic mass is 35.5. The summed E-state index contributed by atoms with van der Waals surface area (Å²) in [5.74, 6) is 0.814. The lowest BCUT2D eigenvalue weighted by Crippen LogP contribution is -2.29. The van der Waals surface area contributed by atoms with E-state index in [-0.39, 0.29) is 0 Å². The van der Waals surface area contributed by atoms with Crippen LogP contribution in [0, 0.1) is 5.92 Å². The standard InChI is InChI=1S/C12H24ClNO2/c1-15-8-9-16-7-6-14-10-11-2-4-12(13)5-3-11/h11-12,14H,2-10H2,1H3. The molecule has 0 atom stereocenters. The fourth-order valence-electron chi connectivity index (χ4n) is 2.02. The van der Waals surface area contributed by atoms with Gasteiger partial charge in [-0.1, -0.05) is 0 Å². The zero-order valence-corrected chi connectivity index (χ0v) is 11.0. The first kappa shape index (κ1) is 14.2.